The first kappa shape index (κ1) is 15.1. The summed E-state index contributed by atoms with van der Waals surface area (Å²) in [6, 6.07) is 5.73. The van der Waals surface area contributed by atoms with Crippen LogP contribution in [0.4, 0.5) is 0 Å². The Morgan fingerprint density at radius 2 is 2.00 bits per heavy atom. The lowest BCUT2D eigenvalue weighted by atomic mass is 10.1. The van der Waals surface area contributed by atoms with Crippen LogP contribution in [0, 0.1) is 0 Å². The highest BCUT2D eigenvalue weighted by molar-refractivity contribution is 6.07. The molecule has 114 valence electrons. The van der Waals surface area contributed by atoms with Crippen molar-refractivity contribution < 1.29 is 9.47 Å². The van der Waals surface area contributed by atoms with Gasteiger partial charge in [0.2, 0.25) is 5.96 Å². The van der Waals surface area contributed by atoms with E-state index in [4.69, 9.17) is 9.47 Å². The Morgan fingerprint density at radius 1 is 1.24 bits per heavy atom. The summed E-state index contributed by atoms with van der Waals surface area (Å²) in [5.74, 6) is 2.76. The number of amidine groups is 1. The average molecular weight is 291 g/mol. The third-order valence-corrected chi connectivity index (χ3v) is 3.02. The zero-order valence-corrected chi connectivity index (χ0v) is 12.8. The monoisotopic (exact) mass is 291 g/mol. The molecule has 1 aliphatic heterocycles. The number of methoxy groups -OCH3 is 2. The first-order valence-corrected chi connectivity index (χ1v) is 6.75. The van der Waals surface area contributed by atoms with Gasteiger partial charge in [0, 0.05) is 19.2 Å². The standard InChI is InChI=1S/C14H21N5O2/c1-5-16-18-14-15-9-19(2)13(17-14)10-6-7-11(20-3)12(8-10)21-4/h6-8,16H,5,9H2,1-4H3,(H,15,18). The SMILES string of the molecule is CCNNC1=NCN(C)C(c2ccc(OC)c(OC)c2)=N1. The van der Waals surface area contributed by atoms with Crippen molar-refractivity contribution in [3.63, 3.8) is 0 Å². The van der Waals surface area contributed by atoms with Crippen molar-refractivity contribution in [3.05, 3.63) is 23.8 Å². The van der Waals surface area contributed by atoms with Crippen LogP contribution >= 0.6 is 0 Å². The van der Waals surface area contributed by atoms with Gasteiger partial charge in [-0.2, -0.15) is 4.99 Å². The van der Waals surface area contributed by atoms with Crippen molar-refractivity contribution in [2.75, 3.05) is 34.5 Å². The summed E-state index contributed by atoms with van der Waals surface area (Å²) in [5, 5.41) is 0. The lowest BCUT2D eigenvalue weighted by Gasteiger charge is -2.24. The summed E-state index contributed by atoms with van der Waals surface area (Å²) in [7, 11) is 5.18. The van der Waals surface area contributed by atoms with Gasteiger partial charge in [0.15, 0.2) is 11.5 Å². The fraction of sp³-hybridized carbons (Fsp3) is 0.429. The minimum absolute atomic E-state index is 0.543. The highest BCUT2D eigenvalue weighted by Crippen LogP contribution is 2.28. The molecule has 1 aromatic carbocycles. The van der Waals surface area contributed by atoms with Crippen LogP contribution in [0.3, 0.4) is 0 Å². The molecule has 2 N–H and O–H groups in total. The van der Waals surface area contributed by atoms with E-state index in [2.05, 4.69) is 20.8 Å². The molecule has 0 unspecified atom stereocenters. The number of nitrogens with one attached hydrogen (secondary N) is 2. The van der Waals surface area contributed by atoms with Crippen molar-refractivity contribution in [1.29, 1.82) is 0 Å². The highest BCUT2D eigenvalue weighted by Gasteiger charge is 2.17. The molecule has 1 aliphatic rings. The van der Waals surface area contributed by atoms with Crippen molar-refractivity contribution in [3.8, 4) is 11.5 Å². The van der Waals surface area contributed by atoms with Gasteiger partial charge in [-0.3, -0.25) is 5.43 Å². The largest absolute Gasteiger partial charge is 0.493 e. The number of hydrazine groups is 1. The number of benzene rings is 1. The first-order chi connectivity index (χ1) is 10.2. The van der Waals surface area contributed by atoms with E-state index in [1.807, 2.05) is 37.1 Å². The van der Waals surface area contributed by atoms with E-state index < -0.39 is 0 Å². The lowest BCUT2D eigenvalue weighted by molar-refractivity contribution is 0.355. The second-order valence-electron chi connectivity index (χ2n) is 4.48. The van der Waals surface area contributed by atoms with Gasteiger partial charge in [0.05, 0.1) is 14.2 Å². The van der Waals surface area contributed by atoms with E-state index in [9.17, 15) is 0 Å². The Labute approximate surface area is 124 Å². The average Bonchev–Trinajstić information content (AvgIpc) is 2.53. The van der Waals surface area contributed by atoms with E-state index in [0.29, 0.717) is 24.1 Å². The van der Waals surface area contributed by atoms with Crippen LogP contribution in [0.2, 0.25) is 0 Å². The fourth-order valence-electron chi connectivity index (χ4n) is 1.96. The minimum Gasteiger partial charge on any atom is -0.493 e. The molecule has 0 fully saturated rings. The first-order valence-electron chi connectivity index (χ1n) is 6.75. The van der Waals surface area contributed by atoms with Gasteiger partial charge in [-0.05, 0) is 18.2 Å². The van der Waals surface area contributed by atoms with E-state index in [-0.39, 0.29) is 0 Å². The molecule has 7 nitrogen and oxygen atoms in total. The van der Waals surface area contributed by atoms with Crippen LogP contribution < -0.4 is 20.3 Å². The van der Waals surface area contributed by atoms with Gasteiger partial charge in [0.1, 0.15) is 12.5 Å². The molecule has 0 radical (unpaired) electrons. The molecule has 0 saturated heterocycles. The summed E-state index contributed by atoms with van der Waals surface area (Å²) in [4.78, 5) is 10.8. The molecular formula is C14H21N5O2. The van der Waals surface area contributed by atoms with Crippen LogP contribution in [0.25, 0.3) is 0 Å². The van der Waals surface area contributed by atoms with E-state index in [1.165, 1.54) is 0 Å². The summed E-state index contributed by atoms with van der Waals surface area (Å²) >= 11 is 0. The maximum absolute atomic E-state index is 5.34. The molecule has 21 heavy (non-hydrogen) atoms. The molecule has 0 amide bonds. The molecule has 0 aromatic heterocycles. The minimum atomic E-state index is 0.543. The zero-order valence-electron chi connectivity index (χ0n) is 12.8. The number of aliphatic imine (C=N–C) groups is 2. The maximum Gasteiger partial charge on any atom is 0.236 e. The maximum atomic E-state index is 5.34. The summed E-state index contributed by atoms with van der Waals surface area (Å²) in [5.41, 5.74) is 6.91. The Hall–Kier alpha value is -2.28. The van der Waals surface area contributed by atoms with Crippen molar-refractivity contribution >= 4 is 11.8 Å². The van der Waals surface area contributed by atoms with Crippen molar-refractivity contribution in [2.45, 2.75) is 6.92 Å². The van der Waals surface area contributed by atoms with E-state index in [0.717, 1.165) is 17.9 Å². The van der Waals surface area contributed by atoms with Gasteiger partial charge < -0.3 is 14.4 Å². The third-order valence-electron chi connectivity index (χ3n) is 3.02. The zero-order chi connectivity index (χ0) is 15.2. The van der Waals surface area contributed by atoms with E-state index >= 15 is 0 Å². The summed E-state index contributed by atoms with van der Waals surface area (Å²) in [6.07, 6.45) is 0. The molecule has 1 heterocycles. The molecule has 2 rings (SSSR count). The number of guanidine groups is 1. The molecule has 0 saturated carbocycles. The van der Waals surface area contributed by atoms with Crippen molar-refractivity contribution in [1.82, 2.24) is 15.8 Å². The highest BCUT2D eigenvalue weighted by atomic mass is 16.5. The number of nitrogens with zero attached hydrogens (tertiary/aromatic N) is 3. The van der Waals surface area contributed by atoms with Gasteiger partial charge in [-0.1, -0.05) is 6.92 Å². The molecule has 7 heteroatoms. The second-order valence-corrected chi connectivity index (χ2v) is 4.48. The molecule has 0 aliphatic carbocycles. The topological polar surface area (TPSA) is 70.5 Å². The number of ether oxygens (including phenoxy) is 2. The Kier molecular flexibility index (Phi) is 4.99. The predicted octanol–water partition coefficient (Wildman–Crippen LogP) is 0.823. The molecule has 1 aromatic rings. The van der Waals surface area contributed by atoms with Crippen LogP contribution in [-0.2, 0) is 0 Å². The van der Waals surface area contributed by atoms with Crippen LogP contribution in [0.15, 0.2) is 28.2 Å². The van der Waals surface area contributed by atoms with Gasteiger partial charge in [0.25, 0.3) is 0 Å². The molecule has 0 bridgehead atoms. The van der Waals surface area contributed by atoms with E-state index in [1.54, 1.807) is 14.2 Å². The predicted molar refractivity (Wildman–Crippen MR) is 83.0 cm³/mol. The summed E-state index contributed by atoms with van der Waals surface area (Å²) in [6.45, 7) is 3.33. The Morgan fingerprint density at radius 3 is 2.67 bits per heavy atom. The second kappa shape index (κ2) is 6.94. The number of hydrogen-bond donors (Lipinski definition) is 2. The lowest BCUT2D eigenvalue weighted by Crippen LogP contribution is -2.42. The number of rotatable bonds is 5. The third kappa shape index (κ3) is 3.43. The van der Waals surface area contributed by atoms with Gasteiger partial charge >= 0.3 is 0 Å². The van der Waals surface area contributed by atoms with Crippen molar-refractivity contribution in [2.24, 2.45) is 9.98 Å². The van der Waals surface area contributed by atoms with Gasteiger partial charge in [-0.25, -0.2) is 10.4 Å². The molecule has 0 atom stereocenters. The van der Waals surface area contributed by atoms with Crippen LogP contribution in [-0.4, -0.2) is 51.2 Å². The van der Waals surface area contributed by atoms with Gasteiger partial charge in [-0.15, -0.1) is 0 Å². The number of hydrogen-bond acceptors (Lipinski definition) is 7. The van der Waals surface area contributed by atoms with Crippen LogP contribution in [0.5, 0.6) is 11.5 Å². The Bertz CT molecular complexity index is 556. The smallest absolute Gasteiger partial charge is 0.236 e. The summed E-state index contributed by atoms with van der Waals surface area (Å²) < 4.78 is 10.6. The molecular weight excluding hydrogens is 270 g/mol. The quantitative estimate of drug-likeness (QED) is 0.786. The normalized spacial score (nSPS) is 14.4. The molecule has 0 spiro atoms. The van der Waals surface area contributed by atoms with Crippen LogP contribution in [0.1, 0.15) is 12.5 Å². The fourth-order valence-corrected chi connectivity index (χ4v) is 1.96. The Balaban J connectivity index is 2.30.